The second-order valence-electron chi connectivity index (χ2n) is 5.72. The lowest BCUT2D eigenvalue weighted by atomic mass is 9.74. The van der Waals surface area contributed by atoms with Gasteiger partial charge in [-0.3, -0.25) is 0 Å². The molecule has 0 spiro atoms. The average Bonchev–Trinajstić information content (AvgIpc) is 2.48. The highest BCUT2D eigenvalue weighted by Crippen LogP contribution is 2.32. The summed E-state index contributed by atoms with van der Waals surface area (Å²) >= 11 is 0. The van der Waals surface area contributed by atoms with Gasteiger partial charge in [0.25, 0.3) is 0 Å². The number of hydrogen-bond acceptors (Lipinski definition) is 1. The summed E-state index contributed by atoms with van der Waals surface area (Å²) in [6.45, 7) is 5.31. The number of hydrogen-bond donors (Lipinski definition) is 1. The van der Waals surface area contributed by atoms with Gasteiger partial charge in [0.15, 0.2) is 0 Å². The third-order valence-corrected chi connectivity index (χ3v) is 4.46. The van der Waals surface area contributed by atoms with Gasteiger partial charge in [0, 0.05) is 12.0 Å². The fraction of sp³-hybridized carbons (Fsp3) is 0.667. The molecular formula is C18H31N. The number of unbranched alkanes of at least 4 members (excludes halogenated alkanes) is 5. The second kappa shape index (κ2) is 9.14. The Labute approximate surface area is 119 Å². The van der Waals surface area contributed by atoms with Gasteiger partial charge in [-0.15, -0.1) is 0 Å². The first-order chi connectivity index (χ1) is 9.29. The van der Waals surface area contributed by atoms with Crippen LogP contribution in [0.5, 0.6) is 0 Å². The topological polar surface area (TPSA) is 26.0 Å². The zero-order valence-corrected chi connectivity index (χ0v) is 12.8. The summed E-state index contributed by atoms with van der Waals surface area (Å²) < 4.78 is 0. The van der Waals surface area contributed by atoms with Crippen molar-refractivity contribution in [2.75, 3.05) is 6.54 Å². The Morgan fingerprint density at radius 2 is 1.53 bits per heavy atom. The lowest BCUT2D eigenvalue weighted by Crippen LogP contribution is -2.34. The quantitative estimate of drug-likeness (QED) is 0.586. The van der Waals surface area contributed by atoms with Crippen LogP contribution in [0.4, 0.5) is 0 Å². The summed E-state index contributed by atoms with van der Waals surface area (Å²) in [6, 6.07) is 10.8. The molecule has 108 valence electrons. The van der Waals surface area contributed by atoms with E-state index in [9.17, 15) is 0 Å². The Morgan fingerprint density at radius 3 is 2.11 bits per heavy atom. The minimum Gasteiger partial charge on any atom is -0.330 e. The zero-order chi connectivity index (χ0) is 14.0. The Hall–Kier alpha value is -0.820. The van der Waals surface area contributed by atoms with E-state index in [-0.39, 0.29) is 5.41 Å². The van der Waals surface area contributed by atoms with E-state index in [4.69, 9.17) is 5.73 Å². The summed E-state index contributed by atoms with van der Waals surface area (Å²) in [5, 5.41) is 0. The van der Waals surface area contributed by atoms with E-state index in [0.717, 1.165) is 13.0 Å². The predicted octanol–water partition coefficient (Wildman–Crippen LogP) is 5.04. The van der Waals surface area contributed by atoms with Gasteiger partial charge in [0.1, 0.15) is 0 Å². The summed E-state index contributed by atoms with van der Waals surface area (Å²) in [7, 11) is 0. The standard InChI is InChI=1S/C18H31N/c1-3-5-6-7-8-12-15-18(4-2,16-19)17-13-10-9-11-14-17/h9-11,13-14H,3-8,12,15-16,19H2,1-2H3. The molecule has 19 heavy (non-hydrogen) atoms. The Bertz CT molecular complexity index is 314. The van der Waals surface area contributed by atoms with Crippen LogP contribution in [-0.4, -0.2) is 6.54 Å². The van der Waals surface area contributed by atoms with Crippen molar-refractivity contribution in [3.63, 3.8) is 0 Å². The van der Waals surface area contributed by atoms with Gasteiger partial charge in [0.05, 0.1) is 0 Å². The third kappa shape index (κ3) is 4.99. The molecule has 0 aliphatic heterocycles. The van der Waals surface area contributed by atoms with Gasteiger partial charge < -0.3 is 5.73 Å². The molecule has 0 saturated carbocycles. The van der Waals surface area contributed by atoms with E-state index in [1.54, 1.807) is 0 Å². The zero-order valence-electron chi connectivity index (χ0n) is 12.8. The molecule has 0 radical (unpaired) electrons. The molecule has 0 aliphatic rings. The van der Waals surface area contributed by atoms with Crippen molar-refractivity contribution >= 4 is 0 Å². The molecule has 0 aromatic heterocycles. The van der Waals surface area contributed by atoms with E-state index in [1.165, 1.54) is 50.5 Å². The summed E-state index contributed by atoms with van der Waals surface area (Å²) in [5.41, 5.74) is 7.74. The Morgan fingerprint density at radius 1 is 0.895 bits per heavy atom. The monoisotopic (exact) mass is 261 g/mol. The van der Waals surface area contributed by atoms with Crippen molar-refractivity contribution in [2.24, 2.45) is 5.73 Å². The Balaban J connectivity index is 2.48. The first-order valence-corrected chi connectivity index (χ1v) is 8.04. The van der Waals surface area contributed by atoms with Gasteiger partial charge in [-0.2, -0.15) is 0 Å². The summed E-state index contributed by atoms with van der Waals surface area (Å²) in [6.07, 6.45) is 10.5. The largest absolute Gasteiger partial charge is 0.330 e. The Kier molecular flexibility index (Phi) is 7.81. The molecule has 0 amide bonds. The van der Waals surface area contributed by atoms with E-state index < -0.39 is 0 Å². The molecule has 0 heterocycles. The lowest BCUT2D eigenvalue weighted by molar-refractivity contribution is 0.369. The molecule has 1 atom stereocenters. The molecule has 1 aromatic rings. The molecule has 1 rings (SSSR count). The minimum absolute atomic E-state index is 0.200. The van der Waals surface area contributed by atoms with Crippen molar-refractivity contribution in [1.82, 2.24) is 0 Å². The predicted molar refractivity (Wildman–Crippen MR) is 85.5 cm³/mol. The van der Waals surface area contributed by atoms with Gasteiger partial charge in [0.2, 0.25) is 0 Å². The highest BCUT2D eigenvalue weighted by molar-refractivity contribution is 5.25. The molecule has 1 heteroatoms. The van der Waals surface area contributed by atoms with Crippen molar-refractivity contribution in [3.05, 3.63) is 35.9 Å². The molecular weight excluding hydrogens is 230 g/mol. The first-order valence-electron chi connectivity index (χ1n) is 8.04. The maximum atomic E-state index is 6.11. The summed E-state index contributed by atoms with van der Waals surface area (Å²) in [5.74, 6) is 0. The normalized spacial score (nSPS) is 14.3. The van der Waals surface area contributed by atoms with Crippen LogP contribution < -0.4 is 5.73 Å². The average molecular weight is 261 g/mol. The van der Waals surface area contributed by atoms with Gasteiger partial charge in [-0.05, 0) is 18.4 Å². The highest BCUT2D eigenvalue weighted by atomic mass is 14.6. The van der Waals surface area contributed by atoms with Crippen molar-refractivity contribution in [3.8, 4) is 0 Å². The van der Waals surface area contributed by atoms with Crippen LogP contribution in [0.2, 0.25) is 0 Å². The van der Waals surface area contributed by atoms with Crippen LogP contribution in [0.1, 0.15) is 70.8 Å². The number of benzene rings is 1. The lowest BCUT2D eigenvalue weighted by Gasteiger charge is -2.32. The van der Waals surface area contributed by atoms with E-state index in [0.29, 0.717) is 0 Å². The van der Waals surface area contributed by atoms with Crippen LogP contribution in [0.3, 0.4) is 0 Å². The molecule has 1 aromatic carbocycles. The van der Waals surface area contributed by atoms with Crippen LogP contribution in [0, 0.1) is 0 Å². The van der Waals surface area contributed by atoms with Crippen molar-refractivity contribution in [1.29, 1.82) is 0 Å². The molecule has 0 aliphatic carbocycles. The fourth-order valence-electron chi connectivity index (χ4n) is 2.92. The first kappa shape index (κ1) is 16.2. The molecule has 1 unspecified atom stereocenters. The molecule has 1 nitrogen and oxygen atoms in total. The SMILES string of the molecule is CCCCCCCCC(CC)(CN)c1ccccc1. The molecule has 0 bridgehead atoms. The van der Waals surface area contributed by atoms with Crippen LogP contribution >= 0.6 is 0 Å². The van der Waals surface area contributed by atoms with Crippen LogP contribution in [-0.2, 0) is 5.41 Å². The molecule has 0 fully saturated rings. The van der Waals surface area contributed by atoms with Crippen molar-refractivity contribution in [2.45, 2.75) is 70.6 Å². The van der Waals surface area contributed by atoms with Gasteiger partial charge in [-0.25, -0.2) is 0 Å². The number of nitrogens with two attached hydrogens (primary N) is 1. The summed E-state index contributed by atoms with van der Waals surface area (Å²) in [4.78, 5) is 0. The van der Waals surface area contributed by atoms with Gasteiger partial charge in [-0.1, -0.05) is 82.7 Å². The fourth-order valence-corrected chi connectivity index (χ4v) is 2.92. The molecule has 0 saturated heterocycles. The smallest absolute Gasteiger partial charge is 0.00729 e. The number of rotatable bonds is 10. The second-order valence-corrected chi connectivity index (χ2v) is 5.72. The minimum atomic E-state index is 0.200. The maximum Gasteiger partial charge on any atom is 0.00729 e. The van der Waals surface area contributed by atoms with E-state index in [1.807, 2.05) is 0 Å². The van der Waals surface area contributed by atoms with Crippen LogP contribution in [0.15, 0.2) is 30.3 Å². The maximum absolute atomic E-state index is 6.11. The van der Waals surface area contributed by atoms with E-state index in [2.05, 4.69) is 44.2 Å². The van der Waals surface area contributed by atoms with Crippen LogP contribution in [0.25, 0.3) is 0 Å². The molecule has 2 N–H and O–H groups in total. The van der Waals surface area contributed by atoms with Gasteiger partial charge >= 0.3 is 0 Å². The van der Waals surface area contributed by atoms with Crippen molar-refractivity contribution < 1.29 is 0 Å². The van der Waals surface area contributed by atoms with E-state index >= 15 is 0 Å². The highest BCUT2D eigenvalue weighted by Gasteiger charge is 2.27. The third-order valence-electron chi connectivity index (χ3n) is 4.46.